The summed E-state index contributed by atoms with van der Waals surface area (Å²) in [7, 11) is -5.37. The van der Waals surface area contributed by atoms with E-state index in [-0.39, 0.29) is 19.1 Å². The number of nitrogens with zero attached hydrogens (tertiary/aromatic N) is 1. The molecule has 0 unspecified atom stereocenters. The van der Waals surface area contributed by atoms with Crippen molar-refractivity contribution in [2.45, 2.75) is 75.6 Å². The van der Waals surface area contributed by atoms with Crippen LogP contribution in [-0.2, 0) is 14.8 Å². The predicted molar refractivity (Wildman–Crippen MR) is 109 cm³/mol. The van der Waals surface area contributed by atoms with E-state index in [1.54, 1.807) is 10.9 Å². The normalized spacial score (nSPS) is 27.4. The van der Waals surface area contributed by atoms with Crippen LogP contribution in [0.2, 0.25) is 0 Å². The van der Waals surface area contributed by atoms with Crippen molar-refractivity contribution < 1.29 is 31.1 Å². The van der Waals surface area contributed by atoms with Crippen molar-refractivity contribution in [1.82, 2.24) is 15.0 Å². The topological polar surface area (TPSA) is 89.6 Å². The summed E-state index contributed by atoms with van der Waals surface area (Å²) in [5.41, 5.74) is -3.02. The second-order valence-corrected chi connectivity index (χ2v) is 9.81. The molecule has 0 radical (unpaired) electrons. The molecular formula is C20H30F3N3O4S. The number of hydrogen-bond donors (Lipinski definition) is 2. The van der Waals surface area contributed by atoms with E-state index in [0.717, 1.165) is 36.8 Å². The molecule has 31 heavy (non-hydrogen) atoms. The minimum atomic E-state index is -5.37. The molecule has 1 aromatic heterocycles. The Labute approximate surface area is 181 Å². The number of aryl methyl sites for hydroxylation is 1. The van der Waals surface area contributed by atoms with Gasteiger partial charge in [-0.3, -0.25) is 0 Å². The lowest BCUT2D eigenvalue weighted by atomic mass is 9.81. The van der Waals surface area contributed by atoms with Crippen molar-refractivity contribution in [3.63, 3.8) is 0 Å². The predicted octanol–water partition coefficient (Wildman–Crippen LogP) is 3.00. The van der Waals surface area contributed by atoms with Gasteiger partial charge in [-0.05, 0) is 70.0 Å². The first-order valence-corrected chi connectivity index (χ1v) is 12.1. The van der Waals surface area contributed by atoms with Crippen LogP contribution < -0.4 is 14.8 Å². The van der Waals surface area contributed by atoms with E-state index in [1.807, 2.05) is 13.0 Å². The van der Waals surface area contributed by atoms with Crippen LogP contribution in [0.25, 0.3) is 0 Å². The number of halogens is 3. The fourth-order valence-corrected chi connectivity index (χ4v) is 5.22. The standard InChI is InChI=1S/C20H30F3N3O4S/c1-3-29-19-18(13(2)8-10-25-19)14-4-6-15(7-5-14)30-12-17-16(9-11-24-17)26-31(27,28)20(21,22)23/h8,10,14-17,24,26H,3-7,9,11-12H2,1-2H3/t14?,15?,16-,17-/m0/s1. The average Bonchev–Trinajstić information content (AvgIpc) is 3.13. The van der Waals surface area contributed by atoms with Crippen LogP contribution in [0.1, 0.15) is 56.1 Å². The van der Waals surface area contributed by atoms with Crippen LogP contribution in [0.5, 0.6) is 5.88 Å². The number of nitrogens with one attached hydrogen (secondary N) is 2. The molecule has 1 saturated heterocycles. The Morgan fingerprint density at radius 1 is 1.23 bits per heavy atom. The SMILES string of the molecule is CCOc1nccc(C)c1C1CCC(OC[C@@H]2NCC[C@@H]2NS(=O)(=O)C(F)(F)F)CC1. The zero-order valence-corrected chi connectivity index (χ0v) is 18.6. The van der Waals surface area contributed by atoms with Gasteiger partial charge in [0.05, 0.1) is 19.3 Å². The minimum Gasteiger partial charge on any atom is -0.478 e. The molecule has 2 atom stereocenters. The van der Waals surface area contributed by atoms with E-state index in [0.29, 0.717) is 24.9 Å². The van der Waals surface area contributed by atoms with E-state index in [9.17, 15) is 21.6 Å². The Balaban J connectivity index is 1.52. The highest BCUT2D eigenvalue weighted by atomic mass is 32.2. The fourth-order valence-electron chi connectivity index (χ4n) is 4.40. The zero-order chi connectivity index (χ0) is 22.6. The number of aromatic nitrogens is 1. The molecule has 11 heteroatoms. The van der Waals surface area contributed by atoms with Gasteiger partial charge in [0.1, 0.15) is 0 Å². The second kappa shape index (κ2) is 10.0. The summed E-state index contributed by atoms with van der Waals surface area (Å²) in [5, 5.41) is 3.04. The average molecular weight is 466 g/mol. The van der Waals surface area contributed by atoms with Crippen molar-refractivity contribution in [2.24, 2.45) is 0 Å². The third-order valence-corrected chi connectivity index (χ3v) is 7.23. The molecule has 1 aliphatic heterocycles. The van der Waals surface area contributed by atoms with Gasteiger partial charge < -0.3 is 14.8 Å². The van der Waals surface area contributed by atoms with E-state index < -0.39 is 27.6 Å². The molecule has 2 heterocycles. The fraction of sp³-hybridized carbons (Fsp3) is 0.750. The molecule has 3 rings (SSSR count). The van der Waals surface area contributed by atoms with Gasteiger partial charge in [-0.25, -0.2) is 18.1 Å². The summed E-state index contributed by atoms with van der Waals surface area (Å²) < 4.78 is 74.2. The van der Waals surface area contributed by atoms with Crippen LogP contribution in [0.4, 0.5) is 13.2 Å². The Kier molecular flexibility index (Phi) is 7.82. The number of pyridine rings is 1. The van der Waals surface area contributed by atoms with Gasteiger partial charge in [-0.15, -0.1) is 0 Å². The van der Waals surface area contributed by atoms with E-state index in [4.69, 9.17) is 9.47 Å². The molecule has 176 valence electrons. The van der Waals surface area contributed by atoms with Crippen LogP contribution in [0.3, 0.4) is 0 Å². The highest BCUT2D eigenvalue weighted by molar-refractivity contribution is 7.90. The lowest BCUT2D eigenvalue weighted by molar-refractivity contribution is -0.0454. The third-order valence-electron chi connectivity index (χ3n) is 6.01. The maximum absolute atomic E-state index is 12.7. The molecule has 1 saturated carbocycles. The summed E-state index contributed by atoms with van der Waals surface area (Å²) in [4.78, 5) is 4.37. The van der Waals surface area contributed by atoms with Gasteiger partial charge in [0.15, 0.2) is 0 Å². The largest absolute Gasteiger partial charge is 0.511 e. The molecule has 0 amide bonds. The van der Waals surface area contributed by atoms with Crippen LogP contribution >= 0.6 is 0 Å². The van der Waals surface area contributed by atoms with Crippen molar-refractivity contribution >= 4 is 10.0 Å². The Hall–Kier alpha value is -1.43. The van der Waals surface area contributed by atoms with Gasteiger partial charge in [0, 0.05) is 23.8 Å². The van der Waals surface area contributed by atoms with E-state index >= 15 is 0 Å². The maximum Gasteiger partial charge on any atom is 0.511 e. The highest BCUT2D eigenvalue weighted by Crippen LogP contribution is 2.39. The van der Waals surface area contributed by atoms with Gasteiger partial charge >= 0.3 is 15.5 Å². The third kappa shape index (κ3) is 5.88. The van der Waals surface area contributed by atoms with Crippen LogP contribution in [-0.4, -0.2) is 56.9 Å². The van der Waals surface area contributed by atoms with Crippen molar-refractivity contribution in [3.8, 4) is 5.88 Å². The second-order valence-electron chi connectivity index (χ2n) is 8.11. The molecule has 2 aliphatic rings. The number of sulfonamides is 1. The Morgan fingerprint density at radius 3 is 2.58 bits per heavy atom. The lowest BCUT2D eigenvalue weighted by Crippen LogP contribution is -2.49. The Bertz CT molecular complexity index is 843. The summed E-state index contributed by atoms with van der Waals surface area (Å²) >= 11 is 0. The molecule has 1 aromatic rings. The summed E-state index contributed by atoms with van der Waals surface area (Å²) in [5.74, 6) is 1.01. The first-order chi connectivity index (χ1) is 14.6. The van der Waals surface area contributed by atoms with Gasteiger partial charge in [0.25, 0.3) is 0 Å². The molecular weight excluding hydrogens is 435 g/mol. The quantitative estimate of drug-likeness (QED) is 0.614. The van der Waals surface area contributed by atoms with Gasteiger partial charge in [-0.2, -0.15) is 13.2 Å². The monoisotopic (exact) mass is 465 g/mol. The van der Waals surface area contributed by atoms with Crippen molar-refractivity contribution in [2.75, 3.05) is 19.8 Å². The lowest BCUT2D eigenvalue weighted by Gasteiger charge is -2.31. The molecule has 2 fully saturated rings. The highest BCUT2D eigenvalue weighted by Gasteiger charge is 2.48. The number of hydrogen-bond acceptors (Lipinski definition) is 6. The number of rotatable bonds is 8. The molecule has 7 nitrogen and oxygen atoms in total. The van der Waals surface area contributed by atoms with Crippen molar-refractivity contribution in [3.05, 3.63) is 23.4 Å². The zero-order valence-electron chi connectivity index (χ0n) is 17.7. The summed E-state index contributed by atoms with van der Waals surface area (Å²) in [6, 6.07) is 0.656. The first kappa shape index (κ1) is 24.2. The van der Waals surface area contributed by atoms with Gasteiger partial charge in [0.2, 0.25) is 5.88 Å². The van der Waals surface area contributed by atoms with Crippen LogP contribution in [0, 0.1) is 6.92 Å². The summed E-state index contributed by atoms with van der Waals surface area (Å²) in [6.45, 7) is 5.13. The molecule has 0 bridgehead atoms. The molecule has 2 N–H and O–H groups in total. The van der Waals surface area contributed by atoms with Crippen LogP contribution in [0.15, 0.2) is 12.3 Å². The van der Waals surface area contributed by atoms with Gasteiger partial charge in [-0.1, -0.05) is 0 Å². The van der Waals surface area contributed by atoms with Crippen molar-refractivity contribution in [1.29, 1.82) is 0 Å². The summed E-state index contributed by atoms with van der Waals surface area (Å²) in [6.07, 6.45) is 5.46. The molecule has 0 spiro atoms. The van der Waals surface area contributed by atoms with E-state index in [1.165, 1.54) is 0 Å². The maximum atomic E-state index is 12.7. The first-order valence-electron chi connectivity index (χ1n) is 10.6. The molecule has 0 aromatic carbocycles. The number of alkyl halides is 3. The molecule has 1 aliphatic carbocycles. The van der Waals surface area contributed by atoms with E-state index in [2.05, 4.69) is 17.2 Å². The minimum absolute atomic E-state index is 0.00829. The number of ether oxygens (including phenoxy) is 2. The smallest absolute Gasteiger partial charge is 0.478 e. The Morgan fingerprint density at radius 2 is 1.94 bits per heavy atom.